The Morgan fingerprint density at radius 1 is 1.33 bits per heavy atom. The molecule has 5 nitrogen and oxygen atoms in total. The maximum absolute atomic E-state index is 10.6. The number of nitrogens with one attached hydrogen (secondary N) is 1. The minimum Gasteiger partial charge on any atom is -0.466 e. The van der Waals surface area contributed by atoms with Gasteiger partial charge in [0.1, 0.15) is 18.2 Å². The molecule has 0 radical (unpaired) electrons. The second-order valence-electron chi connectivity index (χ2n) is 5.81. The summed E-state index contributed by atoms with van der Waals surface area (Å²) >= 11 is 11.0. The molecule has 0 saturated carbocycles. The van der Waals surface area contributed by atoms with Crippen LogP contribution in [0.15, 0.2) is 30.6 Å². The third-order valence-corrected chi connectivity index (χ3v) is 3.61. The Morgan fingerprint density at radius 2 is 1.95 bits per heavy atom. The smallest absolute Gasteiger partial charge is 0.219 e. The van der Waals surface area contributed by atoms with E-state index in [-0.39, 0.29) is 0 Å². The number of H-pyrrole nitrogens is 1. The Labute approximate surface area is 133 Å². The van der Waals surface area contributed by atoms with Crippen LogP contribution in [0.3, 0.4) is 0 Å². The fraction of sp³-hybridized carbons (Fsp3) is 0.429. The average Bonchev–Trinajstić information content (AvgIpc) is 2.82. The molecule has 2 atom stereocenters. The minimum atomic E-state index is -0.791. The molecule has 0 saturated heterocycles. The summed E-state index contributed by atoms with van der Waals surface area (Å²) in [6.07, 6.45) is -0.0304. The van der Waals surface area contributed by atoms with Crippen molar-refractivity contribution in [3.63, 3.8) is 0 Å². The monoisotopic (exact) mass is 327 g/mol. The molecule has 0 fully saturated rings. The average molecular weight is 328 g/mol. The van der Waals surface area contributed by atoms with Gasteiger partial charge in [-0.05, 0) is 41.9 Å². The van der Waals surface area contributed by atoms with Gasteiger partial charge in [0.05, 0.1) is 0 Å². The molecule has 21 heavy (non-hydrogen) atoms. The van der Waals surface area contributed by atoms with Gasteiger partial charge in [0, 0.05) is 5.02 Å². The van der Waals surface area contributed by atoms with Gasteiger partial charge in [0.25, 0.3) is 0 Å². The van der Waals surface area contributed by atoms with Gasteiger partial charge >= 0.3 is 0 Å². The van der Waals surface area contributed by atoms with Gasteiger partial charge in [-0.1, -0.05) is 32.4 Å². The van der Waals surface area contributed by atoms with Crippen molar-refractivity contribution in [2.24, 2.45) is 5.41 Å². The number of aliphatic hydroxyl groups excluding tert-OH is 1. The third-order valence-electron chi connectivity index (χ3n) is 3.06. The van der Waals surface area contributed by atoms with Crippen LogP contribution in [0.2, 0.25) is 5.02 Å². The van der Waals surface area contributed by atoms with Gasteiger partial charge < -0.3 is 9.84 Å². The lowest BCUT2D eigenvalue weighted by atomic mass is 9.88. The number of nitrogens with zero attached hydrogens (tertiary/aromatic N) is 2. The number of aliphatic hydroxyl groups is 1. The van der Waals surface area contributed by atoms with Crippen LogP contribution >= 0.6 is 23.8 Å². The second kappa shape index (κ2) is 6.17. The zero-order valence-corrected chi connectivity index (χ0v) is 13.6. The van der Waals surface area contributed by atoms with Crippen molar-refractivity contribution in [2.45, 2.75) is 33.1 Å². The highest BCUT2D eigenvalue weighted by Gasteiger charge is 2.34. The largest absolute Gasteiger partial charge is 0.466 e. The van der Waals surface area contributed by atoms with Crippen molar-refractivity contribution in [2.75, 3.05) is 0 Å². The highest BCUT2D eigenvalue weighted by atomic mass is 35.5. The fourth-order valence-corrected chi connectivity index (χ4v) is 2.12. The molecule has 0 aliphatic rings. The van der Waals surface area contributed by atoms with E-state index in [9.17, 15) is 5.11 Å². The molecule has 2 unspecified atom stereocenters. The standard InChI is InChI=1S/C14H18ClN3O2S/c1-14(2,3)11(19)12(18-13(21)16-8-17-18)20-10-6-4-9(15)5-7-10/h4-8,11-12,19H,1-3H3,(H,16,17,21). The summed E-state index contributed by atoms with van der Waals surface area (Å²) in [7, 11) is 0. The number of ether oxygens (including phenoxy) is 1. The molecule has 0 aliphatic carbocycles. The lowest BCUT2D eigenvalue weighted by Gasteiger charge is -2.33. The van der Waals surface area contributed by atoms with E-state index in [2.05, 4.69) is 10.1 Å². The summed E-state index contributed by atoms with van der Waals surface area (Å²) in [5, 5.41) is 14.1. The highest BCUT2D eigenvalue weighted by molar-refractivity contribution is 7.71. The zero-order chi connectivity index (χ0) is 15.6. The van der Waals surface area contributed by atoms with Crippen LogP contribution in [0.1, 0.15) is 27.0 Å². The van der Waals surface area contributed by atoms with Crippen molar-refractivity contribution in [3.8, 4) is 5.75 Å². The molecule has 0 aliphatic heterocycles. The maximum Gasteiger partial charge on any atom is 0.219 e. The van der Waals surface area contributed by atoms with E-state index in [0.717, 1.165) is 0 Å². The SMILES string of the molecule is CC(C)(C)C(O)C(Oc1ccc(Cl)cc1)n1[nH]cnc1=S. The van der Waals surface area contributed by atoms with Crippen LogP contribution < -0.4 is 4.74 Å². The number of benzene rings is 1. The van der Waals surface area contributed by atoms with Gasteiger partial charge in [-0.3, -0.25) is 5.10 Å². The molecular weight excluding hydrogens is 310 g/mol. The van der Waals surface area contributed by atoms with Crippen molar-refractivity contribution < 1.29 is 9.84 Å². The molecule has 114 valence electrons. The number of aromatic amines is 1. The van der Waals surface area contributed by atoms with Crippen LogP contribution in [0.4, 0.5) is 0 Å². The van der Waals surface area contributed by atoms with E-state index in [1.165, 1.54) is 11.0 Å². The lowest BCUT2D eigenvalue weighted by Crippen LogP contribution is -2.39. The molecule has 2 N–H and O–H groups in total. The van der Waals surface area contributed by atoms with Gasteiger partial charge in [-0.2, -0.15) is 0 Å². The lowest BCUT2D eigenvalue weighted by molar-refractivity contribution is -0.0737. The summed E-state index contributed by atoms with van der Waals surface area (Å²) in [6, 6.07) is 6.93. The Bertz CT molecular complexity index is 645. The van der Waals surface area contributed by atoms with Gasteiger partial charge in [0.15, 0.2) is 0 Å². The zero-order valence-electron chi connectivity index (χ0n) is 12.1. The predicted molar refractivity (Wildman–Crippen MR) is 84.0 cm³/mol. The molecule has 0 spiro atoms. The molecule has 1 aromatic heterocycles. The third kappa shape index (κ3) is 3.84. The van der Waals surface area contributed by atoms with Gasteiger partial charge in [-0.25, -0.2) is 9.67 Å². The number of hydrogen-bond acceptors (Lipinski definition) is 4. The van der Waals surface area contributed by atoms with E-state index in [4.69, 9.17) is 28.6 Å². The molecule has 2 rings (SSSR count). The number of aromatic nitrogens is 3. The first kappa shape index (κ1) is 16.0. The first-order chi connectivity index (χ1) is 9.79. The summed E-state index contributed by atoms with van der Waals surface area (Å²) < 4.78 is 7.74. The van der Waals surface area contributed by atoms with Crippen LogP contribution in [0.25, 0.3) is 0 Å². The number of hydrogen-bond donors (Lipinski definition) is 2. The number of rotatable bonds is 4. The van der Waals surface area contributed by atoms with Crippen molar-refractivity contribution >= 4 is 23.8 Å². The van der Waals surface area contributed by atoms with E-state index >= 15 is 0 Å². The predicted octanol–water partition coefficient (Wildman–Crippen LogP) is 3.58. The molecule has 2 aromatic rings. The van der Waals surface area contributed by atoms with Crippen LogP contribution in [-0.4, -0.2) is 26.0 Å². The van der Waals surface area contributed by atoms with Crippen molar-refractivity contribution in [1.29, 1.82) is 0 Å². The van der Waals surface area contributed by atoms with Crippen molar-refractivity contribution in [1.82, 2.24) is 14.8 Å². The summed E-state index contributed by atoms with van der Waals surface area (Å²) in [4.78, 5) is 3.97. The van der Waals surface area contributed by atoms with E-state index in [0.29, 0.717) is 15.5 Å². The van der Waals surface area contributed by atoms with Gasteiger partial charge in [0.2, 0.25) is 11.0 Å². The molecule has 1 heterocycles. The normalized spacial score (nSPS) is 14.7. The topological polar surface area (TPSA) is 63.1 Å². The molecular formula is C14H18ClN3O2S. The fourth-order valence-electron chi connectivity index (χ4n) is 1.78. The maximum atomic E-state index is 10.6. The Hall–Kier alpha value is -1.37. The minimum absolute atomic E-state index is 0.317. The van der Waals surface area contributed by atoms with Gasteiger partial charge in [-0.15, -0.1) is 0 Å². The first-order valence-corrected chi connectivity index (χ1v) is 7.30. The molecule has 0 bridgehead atoms. The number of halogens is 1. The summed E-state index contributed by atoms with van der Waals surface area (Å²) in [5.41, 5.74) is -0.392. The Kier molecular flexibility index (Phi) is 4.70. The molecule has 0 amide bonds. The molecule has 1 aromatic carbocycles. The van der Waals surface area contributed by atoms with Crippen LogP contribution in [0.5, 0.6) is 5.75 Å². The van der Waals surface area contributed by atoms with E-state index < -0.39 is 17.7 Å². The highest BCUT2D eigenvalue weighted by Crippen LogP contribution is 2.30. The second-order valence-corrected chi connectivity index (χ2v) is 6.61. The van der Waals surface area contributed by atoms with Crippen molar-refractivity contribution in [3.05, 3.63) is 40.4 Å². The quantitative estimate of drug-likeness (QED) is 0.842. The Balaban J connectivity index is 2.35. The van der Waals surface area contributed by atoms with E-state index in [1.54, 1.807) is 24.3 Å². The summed E-state index contributed by atoms with van der Waals surface area (Å²) in [6.45, 7) is 5.78. The van der Waals surface area contributed by atoms with E-state index in [1.807, 2.05) is 20.8 Å². The summed E-state index contributed by atoms with van der Waals surface area (Å²) in [5.74, 6) is 0.587. The van der Waals surface area contributed by atoms with Crippen LogP contribution in [0, 0.1) is 10.2 Å². The molecule has 7 heteroatoms. The first-order valence-electron chi connectivity index (χ1n) is 6.51. The Morgan fingerprint density at radius 3 is 2.43 bits per heavy atom. The van der Waals surface area contributed by atoms with Crippen LogP contribution in [-0.2, 0) is 0 Å².